The van der Waals surface area contributed by atoms with E-state index in [4.69, 9.17) is 4.42 Å². The number of carbonyl (C=O) groups excluding carboxylic acids is 2. The first-order valence-corrected chi connectivity index (χ1v) is 11.0. The van der Waals surface area contributed by atoms with Crippen molar-refractivity contribution in [3.05, 3.63) is 39.9 Å². The zero-order valence-electron chi connectivity index (χ0n) is 14.6. The Morgan fingerprint density at radius 3 is 2.74 bits per heavy atom. The maximum absolute atomic E-state index is 12.4. The number of nitrogens with one attached hydrogen (secondary N) is 1. The first kappa shape index (κ1) is 19.6. The molecule has 7 nitrogen and oxygen atoms in total. The van der Waals surface area contributed by atoms with Crippen LogP contribution in [0.15, 0.2) is 44.7 Å². The third-order valence-corrected chi connectivity index (χ3v) is 6.10. The van der Waals surface area contributed by atoms with Gasteiger partial charge in [0.05, 0.1) is 23.7 Å². The number of hydrogen-bond donors (Lipinski definition) is 1. The summed E-state index contributed by atoms with van der Waals surface area (Å²) in [7, 11) is 0. The summed E-state index contributed by atoms with van der Waals surface area (Å²) in [5.74, 6) is 0.254. The topological polar surface area (TPSA) is 88.3 Å². The Balaban J connectivity index is 1.46. The Labute approximate surface area is 168 Å². The molecule has 10 heteroatoms. The summed E-state index contributed by atoms with van der Waals surface area (Å²) < 4.78 is 5.56. The average molecular weight is 423 g/mol. The highest BCUT2D eigenvalue weighted by atomic mass is 32.2. The van der Waals surface area contributed by atoms with E-state index in [1.54, 1.807) is 11.3 Å². The first-order valence-electron chi connectivity index (χ1n) is 8.22. The molecule has 3 aromatic heterocycles. The molecule has 1 N–H and O–H groups in total. The maximum Gasteiger partial charge on any atom is 0.277 e. The Morgan fingerprint density at radius 2 is 2.04 bits per heavy atom. The molecule has 0 saturated carbocycles. The molecular weight excluding hydrogens is 404 g/mol. The predicted molar refractivity (Wildman–Crippen MR) is 107 cm³/mol. The molecule has 0 unspecified atom stereocenters. The van der Waals surface area contributed by atoms with Gasteiger partial charge in [-0.3, -0.25) is 9.59 Å². The molecule has 0 aliphatic carbocycles. The quantitative estimate of drug-likeness (QED) is 0.533. The normalized spacial score (nSPS) is 10.7. The minimum absolute atomic E-state index is 0.0333. The molecule has 0 aliphatic heterocycles. The van der Waals surface area contributed by atoms with Gasteiger partial charge in [-0.1, -0.05) is 23.9 Å². The lowest BCUT2D eigenvalue weighted by molar-refractivity contribution is -0.133. The minimum atomic E-state index is -0.179. The van der Waals surface area contributed by atoms with E-state index in [0.29, 0.717) is 24.2 Å². The van der Waals surface area contributed by atoms with Crippen LogP contribution < -0.4 is 5.32 Å². The monoisotopic (exact) mass is 422 g/mol. The number of rotatable bonds is 9. The summed E-state index contributed by atoms with van der Waals surface area (Å²) in [4.78, 5) is 27.9. The Kier molecular flexibility index (Phi) is 7.02. The highest BCUT2D eigenvalue weighted by Crippen LogP contribution is 2.26. The summed E-state index contributed by atoms with van der Waals surface area (Å²) in [6.45, 7) is 2.81. The molecule has 0 aromatic carbocycles. The molecular formula is C17H18N4O3S3. The molecule has 3 aromatic rings. The fraction of sp³-hybridized carbons (Fsp3) is 0.294. The predicted octanol–water partition coefficient (Wildman–Crippen LogP) is 3.12. The van der Waals surface area contributed by atoms with Crippen molar-refractivity contribution >= 4 is 46.2 Å². The van der Waals surface area contributed by atoms with Crippen LogP contribution in [0.4, 0.5) is 0 Å². The van der Waals surface area contributed by atoms with Gasteiger partial charge in [-0.05, 0) is 29.8 Å². The molecule has 0 fully saturated rings. The van der Waals surface area contributed by atoms with E-state index in [1.165, 1.54) is 28.0 Å². The van der Waals surface area contributed by atoms with Gasteiger partial charge in [0, 0.05) is 11.4 Å². The van der Waals surface area contributed by atoms with Gasteiger partial charge < -0.3 is 14.6 Å². The van der Waals surface area contributed by atoms with Crippen molar-refractivity contribution < 1.29 is 14.0 Å². The van der Waals surface area contributed by atoms with Crippen molar-refractivity contribution in [1.29, 1.82) is 0 Å². The van der Waals surface area contributed by atoms with Gasteiger partial charge >= 0.3 is 0 Å². The van der Waals surface area contributed by atoms with Crippen LogP contribution in [0.25, 0.3) is 10.8 Å². The average Bonchev–Trinajstić information content (AvgIpc) is 3.43. The van der Waals surface area contributed by atoms with Crippen LogP contribution in [0, 0.1) is 0 Å². The van der Waals surface area contributed by atoms with Crippen molar-refractivity contribution in [3.63, 3.8) is 0 Å². The minimum Gasteiger partial charge on any atom is -0.410 e. The molecule has 3 heterocycles. The number of carbonyl (C=O) groups is 2. The fourth-order valence-electron chi connectivity index (χ4n) is 2.19. The van der Waals surface area contributed by atoms with Crippen molar-refractivity contribution in [3.8, 4) is 10.8 Å². The van der Waals surface area contributed by atoms with E-state index in [9.17, 15) is 9.59 Å². The third kappa shape index (κ3) is 5.65. The largest absolute Gasteiger partial charge is 0.410 e. The number of thiophene rings is 2. The van der Waals surface area contributed by atoms with Crippen LogP contribution in [0.2, 0.25) is 0 Å². The lowest BCUT2D eigenvalue weighted by Gasteiger charge is -2.19. The van der Waals surface area contributed by atoms with Crippen molar-refractivity contribution in [2.75, 3.05) is 18.8 Å². The number of nitrogens with zero attached hydrogens (tertiary/aromatic N) is 3. The van der Waals surface area contributed by atoms with E-state index in [1.807, 2.05) is 41.9 Å². The Hall–Kier alpha value is -2.17. The highest BCUT2D eigenvalue weighted by Gasteiger charge is 2.18. The van der Waals surface area contributed by atoms with Gasteiger partial charge in [0.1, 0.15) is 0 Å². The maximum atomic E-state index is 12.4. The fourth-order valence-corrected chi connectivity index (χ4v) is 4.14. The first-order chi connectivity index (χ1) is 13.2. The Bertz CT molecular complexity index is 862. The summed E-state index contributed by atoms with van der Waals surface area (Å²) in [6, 6.07) is 7.69. The zero-order valence-corrected chi connectivity index (χ0v) is 17.0. The van der Waals surface area contributed by atoms with E-state index in [-0.39, 0.29) is 24.1 Å². The van der Waals surface area contributed by atoms with Gasteiger partial charge in [-0.15, -0.1) is 32.9 Å². The van der Waals surface area contributed by atoms with Crippen molar-refractivity contribution in [1.82, 2.24) is 20.4 Å². The lowest BCUT2D eigenvalue weighted by Crippen LogP contribution is -2.41. The number of hydrogen-bond acceptors (Lipinski definition) is 8. The smallest absolute Gasteiger partial charge is 0.277 e. The second-order valence-corrected chi connectivity index (χ2v) is 8.31. The molecule has 0 radical (unpaired) electrons. The molecule has 0 atom stereocenters. The number of aromatic nitrogens is 2. The van der Waals surface area contributed by atoms with Crippen LogP contribution in [0.5, 0.6) is 0 Å². The second-order valence-electron chi connectivity index (χ2n) is 5.40. The van der Waals surface area contributed by atoms with E-state index < -0.39 is 0 Å². The molecule has 2 amide bonds. The number of likely N-dealkylation sites (N-methyl/N-ethyl adjacent to an activating group) is 1. The van der Waals surface area contributed by atoms with Gasteiger partial charge in [0.15, 0.2) is 0 Å². The van der Waals surface area contributed by atoms with E-state index in [2.05, 4.69) is 15.5 Å². The molecule has 0 saturated heterocycles. The van der Waals surface area contributed by atoms with E-state index >= 15 is 0 Å². The molecule has 3 rings (SSSR count). The van der Waals surface area contributed by atoms with Crippen LogP contribution >= 0.6 is 34.4 Å². The lowest BCUT2D eigenvalue weighted by atomic mass is 10.4. The Morgan fingerprint density at radius 1 is 1.22 bits per heavy atom. The van der Waals surface area contributed by atoms with Crippen molar-refractivity contribution in [2.45, 2.75) is 18.7 Å². The van der Waals surface area contributed by atoms with Crippen LogP contribution in [-0.2, 0) is 16.1 Å². The number of amides is 2. The van der Waals surface area contributed by atoms with Gasteiger partial charge in [-0.2, -0.15) is 0 Å². The summed E-state index contributed by atoms with van der Waals surface area (Å²) >= 11 is 4.26. The third-order valence-electron chi connectivity index (χ3n) is 3.57. The molecule has 0 spiro atoms. The summed E-state index contributed by atoms with van der Waals surface area (Å²) in [5, 5.41) is 15.0. The van der Waals surface area contributed by atoms with Crippen molar-refractivity contribution in [2.24, 2.45) is 0 Å². The summed E-state index contributed by atoms with van der Waals surface area (Å²) in [6.07, 6.45) is 0. The molecule has 0 aliphatic rings. The highest BCUT2D eigenvalue weighted by molar-refractivity contribution is 7.99. The van der Waals surface area contributed by atoms with Gasteiger partial charge in [0.25, 0.3) is 11.1 Å². The zero-order chi connectivity index (χ0) is 19.1. The van der Waals surface area contributed by atoms with Gasteiger partial charge in [-0.25, -0.2) is 0 Å². The van der Waals surface area contributed by atoms with Crippen LogP contribution in [0.1, 0.15) is 11.8 Å². The van der Waals surface area contributed by atoms with Crippen LogP contribution in [-0.4, -0.2) is 45.8 Å². The summed E-state index contributed by atoms with van der Waals surface area (Å²) in [5.41, 5.74) is 0. The SMILES string of the molecule is CCN(CC(=O)NCc1cccs1)C(=O)CSc1nnc(-c2cccs2)o1. The van der Waals surface area contributed by atoms with Gasteiger partial charge in [0.2, 0.25) is 11.8 Å². The number of thioether (sulfide) groups is 1. The molecule has 142 valence electrons. The second kappa shape index (κ2) is 9.67. The molecule has 27 heavy (non-hydrogen) atoms. The molecule has 0 bridgehead atoms. The van der Waals surface area contributed by atoms with E-state index in [0.717, 1.165) is 9.75 Å². The standard InChI is InChI=1S/C17H18N4O3S3/c1-2-21(10-14(22)18-9-12-5-3-7-25-12)15(23)11-27-17-20-19-16(24-17)13-6-4-8-26-13/h3-8H,2,9-11H2,1H3,(H,18,22). The van der Waals surface area contributed by atoms with Crippen LogP contribution in [0.3, 0.4) is 0 Å².